The van der Waals surface area contributed by atoms with Crippen LogP contribution in [0.15, 0.2) is 47.6 Å². The molecule has 1 fully saturated rings. The van der Waals surface area contributed by atoms with Gasteiger partial charge in [0.2, 0.25) is 6.67 Å². The minimum Gasteiger partial charge on any atom is -0.365 e. The Morgan fingerprint density at radius 1 is 1.11 bits per heavy atom. The topological polar surface area (TPSA) is 28.1 Å². The molecule has 0 bridgehead atoms. The van der Waals surface area contributed by atoms with Crippen LogP contribution in [0, 0.1) is 27.4 Å². The first-order valence-corrected chi connectivity index (χ1v) is 9.54. The maximum atomic E-state index is 6.19. The van der Waals surface area contributed by atoms with E-state index >= 15 is 0 Å². The molecule has 2 heterocycles. The first-order valence-electron chi connectivity index (χ1n) is 9.54. The summed E-state index contributed by atoms with van der Waals surface area (Å²) in [7, 11) is 0. The van der Waals surface area contributed by atoms with Gasteiger partial charge >= 0.3 is 0 Å². The molecule has 2 aliphatic heterocycles. The average Bonchev–Trinajstić information content (AvgIpc) is 3.01. The fourth-order valence-corrected chi connectivity index (χ4v) is 4.13. The normalized spacial score (nSPS) is 21.2. The second-order valence-corrected chi connectivity index (χ2v) is 8.14. The predicted molar refractivity (Wildman–Crippen MR) is 110 cm³/mol. The Hall–Kier alpha value is -2.33. The molecule has 1 saturated heterocycles. The highest BCUT2D eigenvalue weighted by molar-refractivity contribution is 5.89. The molecule has 2 aromatic carbocycles. The molecule has 2 aliphatic rings. The van der Waals surface area contributed by atoms with Gasteiger partial charge < -0.3 is 9.64 Å². The second kappa shape index (κ2) is 6.68. The molecule has 0 aromatic heterocycles. The fourth-order valence-electron chi connectivity index (χ4n) is 4.13. The zero-order valence-electron chi connectivity index (χ0n) is 16.8. The third-order valence-electron chi connectivity index (χ3n) is 5.50. The molecule has 4 nitrogen and oxygen atoms in total. The van der Waals surface area contributed by atoms with Gasteiger partial charge in [-0.3, -0.25) is 0 Å². The lowest BCUT2D eigenvalue weighted by molar-refractivity contribution is -0.0666. The van der Waals surface area contributed by atoms with Crippen LogP contribution in [-0.4, -0.2) is 29.0 Å². The van der Waals surface area contributed by atoms with E-state index in [0.717, 1.165) is 17.9 Å². The first-order chi connectivity index (χ1) is 12.8. The molecule has 0 spiro atoms. The van der Waals surface area contributed by atoms with E-state index < -0.39 is 0 Å². The van der Waals surface area contributed by atoms with Gasteiger partial charge in [0, 0.05) is 0 Å². The number of nitrogens with zero attached hydrogens (tertiary/aromatic N) is 3. The number of hydrazone groups is 1. The number of ether oxygens (including phenoxy) is 1. The lowest BCUT2D eigenvalue weighted by atomic mass is 9.89. The van der Waals surface area contributed by atoms with Crippen LogP contribution in [0.5, 0.6) is 0 Å². The van der Waals surface area contributed by atoms with Crippen molar-refractivity contribution < 1.29 is 4.74 Å². The van der Waals surface area contributed by atoms with Crippen LogP contribution < -0.4 is 5.01 Å². The molecule has 4 heteroatoms. The molecule has 2 radical (unpaired) electrons. The Labute approximate surface area is 162 Å². The summed E-state index contributed by atoms with van der Waals surface area (Å²) < 4.78 is 6.19. The minimum absolute atomic E-state index is 0.142. The van der Waals surface area contributed by atoms with E-state index in [1.54, 1.807) is 0 Å². The minimum atomic E-state index is -0.283. The summed E-state index contributed by atoms with van der Waals surface area (Å²) in [5.41, 5.74) is 5.81. The number of aryl methyl sites for hydroxylation is 3. The van der Waals surface area contributed by atoms with Crippen LogP contribution in [0.4, 0.5) is 5.69 Å². The van der Waals surface area contributed by atoms with E-state index in [4.69, 9.17) is 9.84 Å². The fraction of sp³-hybridized carbons (Fsp3) is 0.391. The van der Waals surface area contributed by atoms with Crippen LogP contribution in [0.25, 0.3) is 0 Å². The monoisotopic (exact) mass is 361 g/mol. The molecule has 1 atom stereocenters. The number of hydrogen-bond donors (Lipinski definition) is 0. The molecule has 0 unspecified atom stereocenters. The van der Waals surface area contributed by atoms with Crippen LogP contribution in [0.2, 0.25) is 0 Å². The van der Waals surface area contributed by atoms with Gasteiger partial charge in [-0.05, 0) is 57.7 Å². The van der Waals surface area contributed by atoms with Gasteiger partial charge in [-0.15, -0.1) is 0 Å². The van der Waals surface area contributed by atoms with Crippen molar-refractivity contribution in [3.8, 4) is 0 Å². The van der Waals surface area contributed by atoms with Crippen LogP contribution >= 0.6 is 0 Å². The van der Waals surface area contributed by atoms with Gasteiger partial charge in [0.1, 0.15) is 6.61 Å². The van der Waals surface area contributed by atoms with Gasteiger partial charge in [0.05, 0.1) is 17.3 Å². The zero-order chi connectivity index (χ0) is 19.2. The van der Waals surface area contributed by atoms with Crippen molar-refractivity contribution in [3.63, 3.8) is 0 Å². The highest BCUT2D eigenvalue weighted by Crippen LogP contribution is 2.37. The van der Waals surface area contributed by atoms with E-state index in [-0.39, 0.29) is 11.6 Å². The number of hydrogen-bond acceptors (Lipinski definition) is 4. The van der Waals surface area contributed by atoms with Crippen molar-refractivity contribution in [2.75, 3.05) is 11.6 Å². The zero-order valence-corrected chi connectivity index (χ0v) is 16.8. The van der Waals surface area contributed by atoms with Gasteiger partial charge in [0.15, 0.2) is 5.84 Å². The van der Waals surface area contributed by atoms with Crippen molar-refractivity contribution in [2.24, 2.45) is 5.10 Å². The molecular weight excluding hydrogens is 334 g/mol. The number of benzene rings is 2. The van der Waals surface area contributed by atoms with Crippen LogP contribution in [0.3, 0.4) is 0 Å². The molecule has 0 aliphatic carbocycles. The number of fused-ring (bicyclic) bond motifs is 1. The number of anilines is 1. The Kier molecular flexibility index (Phi) is 4.47. The molecule has 0 amide bonds. The van der Waals surface area contributed by atoms with Crippen molar-refractivity contribution in [1.29, 1.82) is 0 Å². The Bertz CT molecular complexity index is 849. The summed E-state index contributed by atoms with van der Waals surface area (Å²) in [5.74, 6) is 0.926. The third-order valence-corrected chi connectivity index (χ3v) is 5.50. The summed E-state index contributed by atoms with van der Waals surface area (Å²) in [6.45, 7) is 14.7. The summed E-state index contributed by atoms with van der Waals surface area (Å²) in [4.78, 5) is 2.19. The van der Waals surface area contributed by atoms with E-state index in [2.05, 4.69) is 88.7 Å². The predicted octanol–water partition coefficient (Wildman–Crippen LogP) is 4.46. The molecule has 140 valence electrons. The molecule has 0 saturated carbocycles. The molecule has 2 aromatic rings. The van der Waals surface area contributed by atoms with Crippen molar-refractivity contribution in [1.82, 2.24) is 4.90 Å². The smallest absolute Gasteiger partial charge is 0.233 e. The number of rotatable bonds is 3. The summed E-state index contributed by atoms with van der Waals surface area (Å²) in [5, 5.41) is 6.73. The van der Waals surface area contributed by atoms with Crippen molar-refractivity contribution in [3.05, 3.63) is 71.4 Å². The Balaban J connectivity index is 1.65. The summed E-state index contributed by atoms with van der Waals surface area (Å²) in [6.07, 6.45) is 0.888. The van der Waals surface area contributed by atoms with E-state index in [9.17, 15) is 0 Å². The van der Waals surface area contributed by atoms with E-state index in [1.807, 2.05) is 5.01 Å². The van der Waals surface area contributed by atoms with Gasteiger partial charge in [-0.25, -0.2) is 5.01 Å². The summed E-state index contributed by atoms with van der Waals surface area (Å²) in [6, 6.07) is 15.1. The number of morpholine rings is 1. The van der Waals surface area contributed by atoms with Gasteiger partial charge in [-0.2, -0.15) is 5.10 Å². The maximum Gasteiger partial charge on any atom is 0.233 e. The maximum absolute atomic E-state index is 6.19. The highest BCUT2D eigenvalue weighted by atomic mass is 16.5. The quantitative estimate of drug-likeness (QED) is 0.808. The van der Waals surface area contributed by atoms with Crippen LogP contribution in [0.1, 0.15) is 36.1 Å². The first kappa shape index (κ1) is 18.1. The summed E-state index contributed by atoms with van der Waals surface area (Å²) >= 11 is 0. The van der Waals surface area contributed by atoms with E-state index in [0.29, 0.717) is 6.61 Å². The highest BCUT2D eigenvalue weighted by Gasteiger charge is 2.45. The van der Waals surface area contributed by atoms with Gasteiger partial charge in [0.25, 0.3) is 0 Å². The van der Waals surface area contributed by atoms with E-state index in [1.165, 1.54) is 22.3 Å². The van der Waals surface area contributed by atoms with Gasteiger partial charge in [-0.1, -0.05) is 48.0 Å². The lowest BCUT2D eigenvalue weighted by Crippen LogP contribution is -2.58. The lowest BCUT2D eigenvalue weighted by Gasteiger charge is -2.45. The molecule has 27 heavy (non-hydrogen) atoms. The SMILES string of the molecule is Cc1cc(C)c(N2[C]N3C(=N2)COC(C)(C)[C@@H]3Cc2ccccc2)c(C)c1. The number of amidine groups is 1. The Morgan fingerprint density at radius 2 is 1.78 bits per heavy atom. The molecule has 4 rings (SSSR count). The van der Waals surface area contributed by atoms with Crippen molar-refractivity contribution in [2.45, 2.75) is 52.7 Å². The largest absolute Gasteiger partial charge is 0.365 e. The molecule has 0 N–H and O–H groups in total. The standard InChI is InChI=1S/C23H27N3O/c1-16-11-17(2)22(18(3)12-16)26-15-25-20(13-19-9-7-6-8-10-19)23(4,5)27-14-21(25)24-26/h6-12,20H,13-14H2,1-5H3/t20-/m0/s1. The average molecular weight is 361 g/mol. The van der Waals surface area contributed by atoms with Crippen molar-refractivity contribution >= 4 is 11.5 Å². The molecular formula is C23H27N3O. The van der Waals surface area contributed by atoms with Crippen LogP contribution in [-0.2, 0) is 11.2 Å². The third kappa shape index (κ3) is 3.34. The second-order valence-electron chi connectivity index (χ2n) is 8.14. The Morgan fingerprint density at radius 3 is 2.44 bits per heavy atom.